The number of nitrogens with zero attached hydrogens (tertiary/aromatic N) is 4. The topological polar surface area (TPSA) is 93.9 Å². The van der Waals surface area contributed by atoms with Crippen molar-refractivity contribution < 1.29 is 23.5 Å². The van der Waals surface area contributed by atoms with Crippen LogP contribution in [-0.2, 0) is 11.3 Å². The molecule has 2 fully saturated rings. The second kappa shape index (κ2) is 9.71. The minimum Gasteiger partial charge on any atom is -0.396 e. The highest BCUT2D eigenvalue weighted by Gasteiger charge is 2.35. The number of amides is 2. The molecular formula is C25H27F2N5O3. The molecule has 3 aromatic rings. The van der Waals surface area contributed by atoms with Crippen molar-refractivity contribution in [3.8, 4) is 0 Å². The number of anilines is 1. The predicted octanol–water partition coefficient (Wildman–Crippen LogP) is 2.84. The molecule has 2 N–H and O–H groups in total. The van der Waals surface area contributed by atoms with Gasteiger partial charge >= 0.3 is 0 Å². The zero-order valence-electron chi connectivity index (χ0n) is 19.2. The van der Waals surface area contributed by atoms with Gasteiger partial charge in [-0.25, -0.2) is 8.78 Å². The number of hydrogen-bond acceptors (Lipinski definition) is 4. The van der Waals surface area contributed by atoms with E-state index in [0.29, 0.717) is 37.6 Å². The van der Waals surface area contributed by atoms with Crippen molar-refractivity contribution in [1.29, 1.82) is 0 Å². The van der Waals surface area contributed by atoms with E-state index >= 15 is 0 Å². The van der Waals surface area contributed by atoms with Crippen molar-refractivity contribution in [3.63, 3.8) is 0 Å². The zero-order chi connectivity index (χ0) is 24.5. The predicted molar refractivity (Wildman–Crippen MR) is 126 cm³/mol. The van der Waals surface area contributed by atoms with E-state index in [9.17, 15) is 23.5 Å². The van der Waals surface area contributed by atoms with Crippen LogP contribution in [0.3, 0.4) is 0 Å². The third kappa shape index (κ3) is 4.89. The Morgan fingerprint density at radius 1 is 1.17 bits per heavy atom. The molecule has 1 aliphatic carbocycles. The minimum atomic E-state index is -2.68. The molecule has 35 heavy (non-hydrogen) atoms. The number of carbonyl (C=O) groups is 2. The number of nitrogens with one attached hydrogen (secondary N) is 1. The van der Waals surface area contributed by atoms with Crippen LogP contribution in [-0.4, -0.2) is 63.7 Å². The van der Waals surface area contributed by atoms with Crippen LogP contribution < -0.4 is 10.5 Å². The van der Waals surface area contributed by atoms with Crippen LogP contribution in [0.25, 0.3) is 11.0 Å². The Balaban J connectivity index is 1.48. The molecule has 0 radical (unpaired) electrons. The first kappa shape index (κ1) is 23.4. The van der Waals surface area contributed by atoms with Gasteiger partial charge in [0.15, 0.2) is 0 Å². The largest absolute Gasteiger partial charge is 0.396 e. The average molecular weight is 484 g/mol. The lowest BCUT2D eigenvalue weighted by Crippen LogP contribution is -2.51. The standard InChI is InChI=1S/C25H27F2N5O3/c26-23(27)16-3-1-4-17(13-16)24(35)29-25-28-20-14-19(7-8-21(20)32(25)9-2-12-33)31-11-10-30(15-22(31)34)18-5-6-18/h1,3-4,7-8,13-14,18,23,33H,2,5-6,9-12,15H2,(H,28,29,35). The summed E-state index contributed by atoms with van der Waals surface area (Å²) in [4.78, 5) is 36.9. The number of benzene rings is 2. The summed E-state index contributed by atoms with van der Waals surface area (Å²) in [7, 11) is 0. The normalized spacial score (nSPS) is 17.7. The number of piperazine rings is 1. The molecule has 0 atom stereocenters. The number of fused-ring (bicyclic) bond motifs is 1. The van der Waals surface area contributed by atoms with Gasteiger partial charge in [0, 0.05) is 49.1 Å². The molecule has 2 aliphatic rings. The minimum absolute atomic E-state index is 0.0403. The molecule has 2 amide bonds. The van der Waals surface area contributed by atoms with E-state index in [4.69, 9.17) is 0 Å². The molecule has 1 aliphatic heterocycles. The summed E-state index contributed by atoms with van der Waals surface area (Å²) >= 11 is 0. The number of aromatic amines is 1. The smallest absolute Gasteiger partial charge is 0.280 e. The summed E-state index contributed by atoms with van der Waals surface area (Å²) in [5, 5.41) is 9.34. The average Bonchev–Trinajstić information content (AvgIpc) is 3.65. The maximum Gasteiger partial charge on any atom is 0.280 e. The van der Waals surface area contributed by atoms with Gasteiger partial charge in [-0.3, -0.25) is 14.5 Å². The molecule has 1 saturated heterocycles. The van der Waals surface area contributed by atoms with Crippen LogP contribution in [0.1, 0.15) is 41.6 Å². The molecule has 0 spiro atoms. The van der Waals surface area contributed by atoms with Crippen LogP contribution in [0.2, 0.25) is 0 Å². The Hall–Kier alpha value is -3.37. The summed E-state index contributed by atoms with van der Waals surface area (Å²) in [6.45, 7) is 2.22. The summed E-state index contributed by atoms with van der Waals surface area (Å²) in [5.74, 6) is -0.593. The number of aromatic nitrogens is 2. The quantitative estimate of drug-likeness (QED) is 0.541. The maximum atomic E-state index is 13.1. The summed E-state index contributed by atoms with van der Waals surface area (Å²) < 4.78 is 27.9. The van der Waals surface area contributed by atoms with Crippen LogP contribution in [0.15, 0.2) is 47.5 Å². The highest BCUT2D eigenvalue weighted by atomic mass is 19.3. The number of halogens is 2. The van der Waals surface area contributed by atoms with Crippen LogP contribution in [0.5, 0.6) is 0 Å². The summed E-state index contributed by atoms with van der Waals surface area (Å²) in [5.41, 5.74) is 2.28. The fourth-order valence-electron chi connectivity index (χ4n) is 4.56. The van der Waals surface area contributed by atoms with E-state index in [2.05, 4.69) is 14.9 Å². The molecule has 8 nitrogen and oxygen atoms in total. The van der Waals surface area contributed by atoms with Crippen molar-refractivity contribution in [2.75, 3.05) is 31.1 Å². The number of carbonyl (C=O) groups excluding carboxylic acids is 2. The van der Waals surface area contributed by atoms with Gasteiger partial charge in [-0.2, -0.15) is 4.99 Å². The number of imidazole rings is 1. The first-order chi connectivity index (χ1) is 16.9. The number of aliphatic hydroxyl groups excluding tert-OH is 1. The van der Waals surface area contributed by atoms with E-state index in [-0.39, 0.29) is 29.3 Å². The molecule has 1 aromatic heterocycles. The highest BCUT2D eigenvalue weighted by Crippen LogP contribution is 2.29. The lowest BCUT2D eigenvalue weighted by molar-refractivity contribution is -0.121. The van der Waals surface area contributed by atoms with Crippen LogP contribution in [0.4, 0.5) is 14.5 Å². The van der Waals surface area contributed by atoms with Crippen LogP contribution >= 0.6 is 0 Å². The Morgan fingerprint density at radius 2 is 2.00 bits per heavy atom. The lowest BCUT2D eigenvalue weighted by Gasteiger charge is -2.34. The number of aliphatic hydroxyl groups is 1. The number of aryl methyl sites for hydroxylation is 1. The first-order valence-electron chi connectivity index (χ1n) is 11.8. The summed E-state index contributed by atoms with van der Waals surface area (Å²) in [6, 6.07) is 11.4. The number of rotatable bonds is 7. The highest BCUT2D eigenvalue weighted by molar-refractivity contribution is 5.97. The van der Waals surface area contributed by atoms with Gasteiger partial charge < -0.3 is 19.6 Å². The molecule has 0 bridgehead atoms. The van der Waals surface area contributed by atoms with E-state index in [1.165, 1.54) is 18.2 Å². The third-order valence-corrected chi connectivity index (χ3v) is 6.53. The van der Waals surface area contributed by atoms with Gasteiger partial charge in [0.2, 0.25) is 11.5 Å². The van der Waals surface area contributed by atoms with E-state index in [1.807, 2.05) is 18.2 Å². The molecule has 10 heteroatoms. The fourth-order valence-corrected chi connectivity index (χ4v) is 4.56. The molecule has 184 valence electrons. The summed E-state index contributed by atoms with van der Waals surface area (Å²) in [6.07, 6.45) is 0.0796. The molecule has 1 saturated carbocycles. The van der Waals surface area contributed by atoms with Crippen molar-refractivity contribution in [3.05, 3.63) is 59.2 Å². The van der Waals surface area contributed by atoms with Gasteiger partial charge in [-0.1, -0.05) is 12.1 Å². The maximum absolute atomic E-state index is 13.1. The fraction of sp³-hybridized carbons (Fsp3) is 0.400. The van der Waals surface area contributed by atoms with Gasteiger partial charge in [0.25, 0.3) is 12.3 Å². The third-order valence-electron chi connectivity index (χ3n) is 6.53. The number of H-pyrrole nitrogens is 1. The first-order valence-corrected chi connectivity index (χ1v) is 11.8. The SMILES string of the molecule is O=C(/N=c1\[nH]c2cc(N3CCN(C4CC4)CC3=O)ccc2n1CCCO)c1cccc(C(F)F)c1. The van der Waals surface area contributed by atoms with Crippen molar-refractivity contribution in [2.45, 2.75) is 38.3 Å². The van der Waals surface area contributed by atoms with Crippen molar-refractivity contribution in [1.82, 2.24) is 14.5 Å². The van der Waals surface area contributed by atoms with Crippen LogP contribution in [0, 0.1) is 0 Å². The molecule has 2 heterocycles. The van der Waals surface area contributed by atoms with E-state index in [1.54, 1.807) is 9.47 Å². The Morgan fingerprint density at radius 3 is 2.71 bits per heavy atom. The molecule has 5 rings (SSSR count). The number of hydrogen-bond donors (Lipinski definition) is 2. The van der Waals surface area contributed by atoms with Gasteiger partial charge in [-0.05, 0) is 49.6 Å². The Bertz CT molecular complexity index is 1330. The van der Waals surface area contributed by atoms with Gasteiger partial charge in [0.1, 0.15) is 0 Å². The Labute approximate surface area is 200 Å². The second-order valence-corrected chi connectivity index (χ2v) is 8.97. The number of alkyl halides is 2. The second-order valence-electron chi connectivity index (χ2n) is 8.97. The monoisotopic (exact) mass is 483 g/mol. The lowest BCUT2D eigenvalue weighted by atomic mass is 10.1. The van der Waals surface area contributed by atoms with Crippen molar-refractivity contribution in [2.24, 2.45) is 4.99 Å². The molecule has 2 aromatic carbocycles. The van der Waals surface area contributed by atoms with Crippen molar-refractivity contribution >= 4 is 28.5 Å². The molecule has 0 unspecified atom stereocenters. The molecular weight excluding hydrogens is 456 g/mol. The zero-order valence-corrected chi connectivity index (χ0v) is 19.2. The van der Waals surface area contributed by atoms with E-state index in [0.717, 1.165) is 36.7 Å². The van der Waals surface area contributed by atoms with Gasteiger partial charge in [0.05, 0.1) is 17.6 Å². The Kier molecular flexibility index (Phi) is 6.48. The van der Waals surface area contributed by atoms with E-state index < -0.39 is 12.3 Å². The van der Waals surface area contributed by atoms with Gasteiger partial charge in [-0.15, -0.1) is 0 Å².